The van der Waals surface area contributed by atoms with E-state index in [9.17, 15) is 4.21 Å². The SMILES string of the molecule is CCCCS(=O)CC(NCC)C(C)C. The van der Waals surface area contributed by atoms with Crippen LogP contribution < -0.4 is 5.32 Å². The van der Waals surface area contributed by atoms with E-state index in [1.807, 2.05) is 0 Å². The van der Waals surface area contributed by atoms with Crippen LogP contribution in [-0.4, -0.2) is 28.3 Å². The Kier molecular flexibility index (Phi) is 8.49. The van der Waals surface area contributed by atoms with Crippen molar-refractivity contribution in [1.29, 1.82) is 0 Å². The Morgan fingerprint density at radius 1 is 1.29 bits per heavy atom. The molecule has 0 aromatic heterocycles. The van der Waals surface area contributed by atoms with Crippen LogP contribution in [0.2, 0.25) is 0 Å². The van der Waals surface area contributed by atoms with Gasteiger partial charge in [0, 0.05) is 28.3 Å². The third kappa shape index (κ3) is 6.55. The lowest BCUT2D eigenvalue weighted by molar-refractivity contribution is 0.440. The van der Waals surface area contributed by atoms with Gasteiger partial charge in [-0.25, -0.2) is 0 Å². The van der Waals surface area contributed by atoms with Crippen molar-refractivity contribution < 1.29 is 4.21 Å². The van der Waals surface area contributed by atoms with E-state index in [2.05, 4.69) is 33.0 Å². The topological polar surface area (TPSA) is 29.1 Å². The molecular weight excluding hydrogens is 194 g/mol. The van der Waals surface area contributed by atoms with Crippen molar-refractivity contribution in [2.75, 3.05) is 18.1 Å². The van der Waals surface area contributed by atoms with Crippen LogP contribution in [0.1, 0.15) is 40.5 Å². The van der Waals surface area contributed by atoms with Crippen LogP contribution in [0.3, 0.4) is 0 Å². The van der Waals surface area contributed by atoms with E-state index in [-0.39, 0.29) is 0 Å². The fourth-order valence-electron chi connectivity index (χ4n) is 1.34. The summed E-state index contributed by atoms with van der Waals surface area (Å²) in [7, 11) is -0.635. The van der Waals surface area contributed by atoms with Crippen LogP contribution in [0.5, 0.6) is 0 Å². The Bertz CT molecular complexity index is 159. The summed E-state index contributed by atoms with van der Waals surface area (Å²) in [6, 6.07) is 0.415. The highest BCUT2D eigenvalue weighted by molar-refractivity contribution is 7.85. The second-order valence-corrected chi connectivity index (χ2v) is 5.69. The van der Waals surface area contributed by atoms with E-state index in [0.717, 1.165) is 30.9 Å². The predicted octanol–water partition coefficient (Wildman–Crippen LogP) is 2.17. The molecule has 2 atom stereocenters. The van der Waals surface area contributed by atoms with Gasteiger partial charge < -0.3 is 5.32 Å². The fourth-order valence-corrected chi connectivity index (χ4v) is 3.02. The molecule has 0 saturated carbocycles. The molecule has 14 heavy (non-hydrogen) atoms. The maximum absolute atomic E-state index is 11.7. The Hall–Kier alpha value is 0.110. The minimum Gasteiger partial charge on any atom is -0.313 e. The summed E-state index contributed by atoms with van der Waals surface area (Å²) in [5.41, 5.74) is 0. The van der Waals surface area contributed by atoms with Gasteiger partial charge in [-0.05, 0) is 18.9 Å². The molecule has 0 rings (SSSR count). The van der Waals surface area contributed by atoms with Gasteiger partial charge in [0.2, 0.25) is 0 Å². The quantitative estimate of drug-likeness (QED) is 0.678. The van der Waals surface area contributed by atoms with Crippen LogP contribution in [0, 0.1) is 5.92 Å². The maximum atomic E-state index is 11.7. The Labute approximate surface area is 91.3 Å². The van der Waals surface area contributed by atoms with Crippen molar-refractivity contribution in [3.8, 4) is 0 Å². The molecule has 1 N–H and O–H groups in total. The van der Waals surface area contributed by atoms with E-state index in [0.29, 0.717) is 12.0 Å². The number of hydrogen-bond acceptors (Lipinski definition) is 2. The molecule has 0 aliphatic heterocycles. The molecule has 0 radical (unpaired) electrons. The molecule has 2 unspecified atom stereocenters. The highest BCUT2D eigenvalue weighted by atomic mass is 32.2. The summed E-state index contributed by atoms with van der Waals surface area (Å²) in [4.78, 5) is 0. The summed E-state index contributed by atoms with van der Waals surface area (Å²) in [6.45, 7) is 9.58. The van der Waals surface area contributed by atoms with Gasteiger partial charge in [0.1, 0.15) is 0 Å². The zero-order chi connectivity index (χ0) is 11.0. The predicted molar refractivity (Wildman–Crippen MR) is 65.1 cm³/mol. The molecule has 0 saturated heterocycles. The monoisotopic (exact) mass is 219 g/mol. The largest absolute Gasteiger partial charge is 0.313 e. The first-order chi connectivity index (χ1) is 6.61. The number of unbranched alkanes of at least 4 members (excludes halogenated alkanes) is 1. The normalized spacial score (nSPS) is 15.8. The van der Waals surface area contributed by atoms with Crippen LogP contribution in [0.15, 0.2) is 0 Å². The number of nitrogens with one attached hydrogen (secondary N) is 1. The van der Waals surface area contributed by atoms with Gasteiger partial charge in [-0.1, -0.05) is 34.1 Å². The average Bonchev–Trinajstić information content (AvgIpc) is 2.14. The highest BCUT2D eigenvalue weighted by Crippen LogP contribution is 2.04. The van der Waals surface area contributed by atoms with Gasteiger partial charge in [-0.2, -0.15) is 0 Å². The molecule has 0 fully saturated rings. The van der Waals surface area contributed by atoms with E-state index in [1.54, 1.807) is 0 Å². The molecule has 0 bridgehead atoms. The summed E-state index contributed by atoms with van der Waals surface area (Å²) in [6.07, 6.45) is 2.23. The average molecular weight is 219 g/mol. The summed E-state index contributed by atoms with van der Waals surface area (Å²) in [5, 5.41) is 3.40. The van der Waals surface area contributed by atoms with Gasteiger partial charge in [-0.3, -0.25) is 4.21 Å². The van der Waals surface area contributed by atoms with Crippen LogP contribution >= 0.6 is 0 Å². The van der Waals surface area contributed by atoms with Crippen LogP contribution in [0.4, 0.5) is 0 Å². The number of hydrogen-bond donors (Lipinski definition) is 1. The lowest BCUT2D eigenvalue weighted by atomic mass is 10.1. The maximum Gasteiger partial charge on any atom is 0.0391 e. The first kappa shape index (κ1) is 14.1. The molecule has 0 aromatic rings. The van der Waals surface area contributed by atoms with Crippen molar-refractivity contribution in [2.24, 2.45) is 5.92 Å². The van der Waals surface area contributed by atoms with Crippen LogP contribution in [-0.2, 0) is 10.8 Å². The molecular formula is C11H25NOS. The van der Waals surface area contributed by atoms with Crippen LogP contribution in [0.25, 0.3) is 0 Å². The lowest BCUT2D eigenvalue weighted by Gasteiger charge is -2.21. The third-order valence-electron chi connectivity index (χ3n) is 2.36. The highest BCUT2D eigenvalue weighted by Gasteiger charge is 2.14. The lowest BCUT2D eigenvalue weighted by Crippen LogP contribution is -2.38. The van der Waals surface area contributed by atoms with Gasteiger partial charge in [0.05, 0.1) is 0 Å². The molecule has 0 amide bonds. The Morgan fingerprint density at radius 3 is 2.36 bits per heavy atom. The second kappa shape index (κ2) is 8.42. The number of rotatable bonds is 8. The smallest absolute Gasteiger partial charge is 0.0391 e. The molecule has 0 aliphatic rings. The molecule has 0 heterocycles. The van der Waals surface area contributed by atoms with Crippen molar-refractivity contribution in [2.45, 2.75) is 46.6 Å². The molecule has 2 nitrogen and oxygen atoms in total. The zero-order valence-corrected chi connectivity index (χ0v) is 10.8. The van der Waals surface area contributed by atoms with Crippen molar-refractivity contribution in [3.05, 3.63) is 0 Å². The van der Waals surface area contributed by atoms with Gasteiger partial charge in [0.15, 0.2) is 0 Å². The standard InChI is InChI=1S/C11H25NOS/c1-5-7-8-14(13)9-11(10(3)4)12-6-2/h10-12H,5-9H2,1-4H3. The zero-order valence-electron chi connectivity index (χ0n) is 10.0. The van der Waals surface area contributed by atoms with Crippen molar-refractivity contribution in [3.63, 3.8) is 0 Å². The summed E-state index contributed by atoms with van der Waals surface area (Å²) in [5.74, 6) is 2.25. The second-order valence-electron chi connectivity index (χ2n) is 4.07. The van der Waals surface area contributed by atoms with Gasteiger partial charge in [-0.15, -0.1) is 0 Å². The van der Waals surface area contributed by atoms with E-state index in [1.165, 1.54) is 0 Å². The van der Waals surface area contributed by atoms with Gasteiger partial charge >= 0.3 is 0 Å². The van der Waals surface area contributed by atoms with E-state index >= 15 is 0 Å². The molecule has 3 heteroatoms. The first-order valence-corrected chi connectivity index (χ1v) is 7.18. The summed E-state index contributed by atoms with van der Waals surface area (Å²) >= 11 is 0. The minimum atomic E-state index is -0.635. The van der Waals surface area contributed by atoms with Crippen molar-refractivity contribution in [1.82, 2.24) is 5.32 Å². The van der Waals surface area contributed by atoms with E-state index in [4.69, 9.17) is 0 Å². The van der Waals surface area contributed by atoms with E-state index < -0.39 is 10.8 Å². The summed E-state index contributed by atoms with van der Waals surface area (Å²) < 4.78 is 11.7. The first-order valence-electron chi connectivity index (χ1n) is 5.70. The molecule has 0 aromatic carbocycles. The van der Waals surface area contributed by atoms with Crippen molar-refractivity contribution >= 4 is 10.8 Å². The molecule has 86 valence electrons. The van der Waals surface area contributed by atoms with Gasteiger partial charge in [0.25, 0.3) is 0 Å². The third-order valence-corrected chi connectivity index (χ3v) is 3.84. The molecule has 0 aliphatic carbocycles. The Morgan fingerprint density at radius 2 is 1.93 bits per heavy atom. The minimum absolute atomic E-state index is 0.415. The fraction of sp³-hybridized carbons (Fsp3) is 1.00. The molecule has 0 spiro atoms. The Balaban J connectivity index is 3.83.